The first-order valence-corrected chi connectivity index (χ1v) is 13.7. The van der Waals surface area contributed by atoms with E-state index in [4.69, 9.17) is 4.52 Å². The van der Waals surface area contributed by atoms with Gasteiger partial charge < -0.3 is 9.84 Å². The van der Waals surface area contributed by atoms with Crippen molar-refractivity contribution >= 4 is 27.0 Å². The highest BCUT2D eigenvalue weighted by Crippen LogP contribution is 2.41. The maximum atomic E-state index is 13.3. The molecule has 0 bridgehead atoms. The van der Waals surface area contributed by atoms with Crippen molar-refractivity contribution < 1.29 is 17.7 Å². The summed E-state index contributed by atoms with van der Waals surface area (Å²) in [5, 5.41) is 7.93. The lowest BCUT2D eigenvalue weighted by Gasteiger charge is -2.16. The van der Waals surface area contributed by atoms with E-state index in [1.165, 1.54) is 0 Å². The Morgan fingerprint density at radius 1 is 1.14 bits per heavy atom. The van der Waals surface area contributed by atoms with Crippen LogP contribution in [0.25, 0.3) is 11.1 Å². The van der Waals surface area contributed by atoms with Crippen LogP contribution in [-0.2, 0) is 28.7 Å². The number of carbonyl (C=O) groups is 1. The fourth-order valence-corrected chi connectivity index (χ4v) is 5.50. The first-order chi connectivity index (χ1) is 16.4. The van der Waals surface area contributed by atoms with Crippen LogP contribution >= 0.6 is 0 Å². The third kappa shape index (κ3) is 6.67. The Morgan fingerprint density at radius 2 is 1.80 bits per heavy atom. The zero-order valence-corrected chi connectivity index (χ0v) is 21.8. The van der Waals surface area contributed by atoms with E-state index < -0.39 is 10.0 Å². The average molecular weight is 499 g/mol. The van der Waals surface area contributed by atoms with Crippen LogP contribution in [0.3, 0.4) is 0 Å². The molecule has 8 nitrogen and oxygen atoms in total. The van der Waals surface area contributed by atoms with Crippen molar-refractivity contribution in [1.82, 2.24) is 20.2 Å². The third-order valence-electron chi connectivity index (χ3n) is 5.72. The Bertz CT molecular complexity index is 1320. The monoisotopic (exact) mass is 498 g/mol. The highest BCUT2D eigenvalue weighted by atomic mass is 32.2. The smallest absolute Gasteiger partial charge is 0.259 e. The summed E-state index contributed by atoms with van der Waals surface area (Å²) in [6, 6.07) is 8.96. The number of hydrogen-bond donors (Lipinski definition) is 2. The molecule has 0 radical (unpaired) electrons. The van der Waals surface area contributed by atoms with Gasteiger partial charge in [0.1, 0.15) is 0 Å². The van der Waals surface area contributed by atoms with E-state index in [0.29, 0.717) is 41.1 Å². The van der Waals surface area contributed by atoms with Crippen molar-refractivity contribution in [2.24, 2.45) is 5.41 Å². The molecule has 1 saturated carbocycles. The van der Waals surface area contributed by atoms with Gasteiger partial charge >= 0.3 is 0 Å². The van der Waals surface area contributed by atoms with Crippen molar-refractivity contribution in [2.45, 2.75) is 78.1 Å². The van der Waals surface area contributed by atoms with Gasteiger partial charge in [0.15, 0.2) is 0 Å². The molecule has 1 fully saturated rings. The highest BCUT2D eigenvalue weighted by Gasteiger charge is 2.30. The SMILES string of the molecule is CC(C)NS(=O)(=O)Cc1ccc(CNC(=O)c2cc(C3CC3)nc3onc(CC(C)(C)C)c23)cc1. The topological polar surface area (TPSA) is 114 Å². The molecule has 2 N–H and O–H groups in total. The van der Waals surface area contributed by atoms with Crippen LogP contribution in [0.5, 0.6) is 0 Å². The molecule has 4 rings (SSSR count). The summed E-state index contributed by atoms with van der Waals surface area (Å²) in [6.45, 7) is 10.3. The lowest BCUT2D eigenvalue weighted by molar-refractivity contribution is 0.0952. The summed E-state index contributed by atoms with van der Waals surface area (Å²) in [4.78, 5) is 17.9. The lowest BCUT2D eigenvalue weighted by atomic mass is 9.89. The summed E-state index contributed by atoms with van der Waals surface area (Å²) in [5.74, 6) is 0.0856. The number of aromatic nitrogens is 2. The van der Waals surface area contributed by atoms with E-state index >= 15 is 0 Å². The van der Waals surface area contributed by atoms with Crippen molar-refractivity contribution in [2.75, 3.05) is 0 Å². The molecule has 2 aromatic heterocycles. The second-order valence-corrected chi connectivity index (χ2v) is 12.7. The third-order valence-corrected chi connectivity index (χ3v) is 7.27. The molecule has 188 valence electrons. The Balaban J connectivity index is 1.51. The summed E-state index contributed by atoms with van der Waals surface area (Å²) in [7, 11) is -3.39. The number of rotatable bonds is 9. The lowest BCUT2D eigenvalue weighted by Crippen LogP contribution is -2.31. The maximum Gasteiger partial charge on any atom is 0.259 e. The molecule has 35 heavy (non-hydrogen) atoms. The fourth-order valence-electron chi connectivity index (χ4n) is 4.07. The number of nitrogens with zero attached hydrogens (tertiary/aromatic N) is 2. The standard InChI is InChI=1S/C26H34N4O4S/c1-16(2)30-35(32,33)15-18-8-6-17(7-9-18)14-27-24(31)20-12-21(19-10-11-19)28-25-23(20)22(29-34-25)13-26(3,4)5/h6-9,12,16,19,30H,10-11,13-15H2,1-5H3,(H,27,31). The summed E-state index contributed by atoms with van der Waals surface area (Å²) < 4.78 is 32.5. The van der Waals surface area contributed by atoms with Gasteiger partial charge in [0, 0.05) is 24.2 Å². The van der Waals surface area contributed by atoms with Gasteiger partial charge in [-0.1, -0.05) is 50.2 Å². The van der Waals surface area contributed by atoms with E-state index in [1.807, 2.05) is 18.2 Å². The van der Waals surface area contributed by atoms with Gasteiger partial charge in [0.2, 0.25) is 10.0 Å². The first kappa shape index (κ1) is 25.3. The van der Waals surface area contributed by atoms with Crippen LogP contribution in [0.15, 0.2) is 34.9 Å². The number of nitrogens with one attached hydrogen (secondary N) is 2. The number of pyridine rings is 1. The zero-order chi connectivity index (χ0) is 25.4. The van der Waals surface area contributed by atoms with Crippen LogP contribution in [0.2, 0.25) is 0 Å². The summed E-state index contributed by atoms with van der Waals surface area (Å²) in [6.07, 6.45) is 2.80. The molecule has 2 heterocycles. The van der Waals surface area contributed by atoms with Gasteiger partial charge in [-0.3, -0.25) is 4.79 Å². The average Bonchev–Trinajstić information content (AvgIpc) is 3.52. The molecule has 1 aliphatic rings. The van der Waals surface area contributed by atoms with Gasteiger partial charge in [-0.15, -0.1) is 0 Å². The predicted octanol–water partition coefficient (Wildman–Crippen LogP) is 4.45. The van der Waals surface area contributed by atoms with Crippen molar-refractivity contribution in [1.29, 1.82) is 0 Å². The van der Waals surface area contributed by atoms with E-state index in [0.717, 1.165) is 29.8 Å². The Kier molecular flexibility index (Phi) is 7.02. The second-order valence-electron chi connectivity index (χ2n) is 10.9. The minimum absolute atomic E-state index is 0.0212. The molecule has 1 aliphatic carbocycles. The Morgan fingerprint density at radius 3 is 2.40 bits per heavy atom. The number of amides is 1. The normalized spacial score (nSPS) is 14.6. The Labute approximate surface area is 206 Å². The largest absolute Gasteiger partial charge is 0.348 e. The van der Waals surface area contributed by atoms with E-state index in [1.54, 1.807) is 26.0 Å². The molecule has 0 aliphatic heterocycles. The second kappa shape index (κ2) is 9.70. The van der Waals surface area contributed by atoms with E-state index in [-0.39, 0.29) is 23.1 Å². The van der Waals surface area contributed by atoms with Gasteiger partial charge in [-0.2, -0.15) is 0 Å². The number of hydrogen-bond acceptors (Lipinski definition) is 6. The fraction of sp³-hybridized carbons (Fsp3) is 0.500. The minimum Gasteiger partial charge on any atom is -0.348 e. The molecule has 0 unspecified atom stereocenters. The van der Waals surface area contributed by atoms with Gasteiger partial charge in [0.25, 0.3) is 11.6 Å². The van der Waals surface area contributed by atoms with Crippen molar-refractivity contribution in [3.05, 3.63) is 58.4 Å². The number of benzene rings is 1. The molecule has 0 atom stereocenters. The number of fused-ring (bicyclic) bond motifs is 1. The quantitative estimate of drug-likeness (QED) is 0.451. The first-order valence-electron chi connectivity index (χ1n) is 12.1. The molecule has 0 saturated heterocycles. The predicted molar refractivity (Wildman–Crippen MR) is 135 cm³/mol. The molecule has 3 aromatic rings. The Hall–Kier alpha value is -2.78. The van der Waals surface area contributed by atoms with Gasteiger partial charge in [0.05, 0.1) is 22.4 Å². The van der Waals surface area contributed by atoms with Crippen LogP contribution in [0.4, 0.5) is 0 Å². The van der Waals surface area contributed by atoms with E-state index in [9.17, 15) is 13.2 Å². The van der Waals surface area contributed by atoms with Gasteiger partial charge in [-0.05, 0) is 55.7 Å². The zero-order valence-electron chi connectivity index (χ0n) is 21.0. The molecule has 1 aromatic carbocycles. The molecule has 1 amide bonds. The number of carbonyl (C=O) groups excluding carboxylic acids is 1. The van der Waals surface area contributed by atoms with Crippen molar-refractivity contribution in [3.8, 4) is 0 Å². The summed E-state index contributed by atoms with van der Waals surface area (Å²) >= 11 is 0. The van der Waals surface area contributed by atoms with Crippen LogP contribution < -0.4 is 10.0 Å². The van der Waals surface area contributed by atoms with Crippen LogP contribution in [-0.4, -0.2) is 30.5 Å². The van der Waals surface area contributed by atoms with Crippen molar-refractivity contribution in [3.63, 3.8) is 0 Å². The molecule has 9 heteroatoms. The molecular weight excluding hydrogens is 464 g/mol. The number of sulfonamides is 1. The molecule has 0 spiro atoms. The van der Waals surface area contributed by atoms with Crippen LogP contribution in [0.1, 0.15) is 86.3 Å². The maximum absolute atomic E-state index is 13.3. The van der Waals surface area contributed by atoms with Gasteiger partial charge in [-0.25, -0.2) is 18.1 Å². The molecular formula is C26H34N4O4S. The van der Waals surface area contributed by atoms with Crippen LogP contribution in [0, 0.1) is 5.41 Å². The highest BCUT2D eigenvalue weighted by molar-refractivity contribution is 7.88. The van der Waals surface area contributed by atoms with E-state index in [2.05, 4.69) is 41.0 Å². The summed E-state index contributed by atoms with van der Waals surface area (Å²) in [5.41, 5.74) is 4.12. The minimum atomic E-state index is -3.39.